The quantitative estimate of drug-likeness (QED) is 0.198. The van der Waals surface area contributed by atoms with Crippen LogP contribution in [0.1, 0.15) is 81.5 Å². The number of allylic oxidation sites excluding steroid dienone is 2. The van der Waals surface area contributed by atoms with E-state index >= 15 is 0 Å². The number of unbranched alkanes of at least 4 members (excludes halogenated alkanes) is 5. The zero-order chi connectivity index (χ0) is 25.7. The van der Waals surface area contributed by atoms with Crippen molar-refractivity contribution in [3.63, 3.8) is 0 Å². The first-order valence-corrected chi connectivity index (χ1v) is 16.9. The Morgan fingerprint density at radius 2 is 1.29 bits per heavy atom. The van der Waals surface area contributed by atoms with Gasteiger partial charge < -0.3 is 0 Å². The van der Waals surface area contributed by atoms with E-state index in [1.807, 2.05) is 0 Å². The molecule has 0 aliphatic heterocycles. The zero-order valence-electron chi connectivity index (χ0n) is 23.5. The van der Waals surface area contributed by atoms with Gasteiger partial charge in [0.2, 0.25) is 0 Å². The van der Waals surface area contributed by atoms with Crippen LogP contribution in [0.3, 0.4) is 0 Å². The van der Waals surface area contributed by atoms with Crippen LogP contribution < -0.4 is 5.19 Å². The summed E-state index contributed by atoms with van der Waals surface area (Å²) in [6, 6.07) is 21.3. The van der Waals surface area contributed by atoms with Crippen molar-refractivity contribution in [2.75, 3.05) is 0 Å². The van der Waals surface area contributed by atoms with E-state index in [0.29, 0.717) is 0 Å². The lowest BCUT2D eigenvalue weighted by atomic mass is 10.0. The maximum Gasteiger partial charge on any atom is 0.0814 e. The average Bonchev–Trinajstić information content (AvgIpc) is 2.85. The smallest absolute Gasteiger partial charge is 0.0814 e. The highest BCUT2D eigenvalue weighted by Gasteiger charge is 2.25. The fraction of sp³-hybridized carbons (Fsp3) is 0.412. The number of rotatable bonds is 10. The van der Waals surface area contributed by atoms with Gasteiger partial charge in [-0.15, -0.1) is 0 Å². The minimum Gasteiger partial charge on any atom is -0.0871 e. The number of hydrogen-bond donors (Lipinski definition) is 0. The summed E-state index contributed by atoms with van der Waals surface area (Å²) in [6.07, 6.45) is 17.1. The van der Waals surface area contributed by atoms with E-state index < -0.39 is 8.07 Å². The van der Waals surface area contributed by atoms with E-state index in [4.69, 9.17) is 0 Å². The third kappa shape index (κ3) is 8.97. The summed E-state index contributed by atoms with van der Waals surface area (Å²) < 4.78 is 0. The maximum atomic E-state index is 2.54. The van der Waals surface area contributed by atoms with Crippen molar-refractivity contribution in [3.05, 3.63) is 89.0 Å². The topological polar surface area (TPSA) is 0 Å². The van der Waals surface area contributed by atoms with Gasteiger partial charge in [0.25, 0.3) is 0 Å². The molecule has 0 saturated carbocycles. The van der Waals surface area contributed by atoms with Gasteiger partial charge >= 0.3 is 0 Å². The van der Waals surface area contributed by atoms with E-state index in [0.717, 1.165) is 0 Å². The number of hydrogen-bond acceptors (Lipinski definition) is 0. The molecule has 0 saturated heterocycles. The number of benzene rings is 3. The van der Waals surface area contributed by atoms with Crippen molar-refractivity contribution < 1.29 is 0 Å². The fourth-order valence-corrected chi connectivity index (χ4v) is 7.83. The first-order valence-electron chi connectivity index (χ1n) is 13.7. The molecule has 1 heteroatoms. The van der Waals surface area contributed by atoms with Crippen molar-refractivity contribution in [1.29, 1.82) is 0 Å². The highest BCUT2D eigenvalue weighted by molar-refractivity contribution is 6.90. The fourth-order valence-electron chi connectivity index (χ4n) is 4.86. The predicted octanol–water partition coefficient (Wildman–Crippen LogP) is 10.5. The normalized spacial score (nSPS) is 11.9. The second-order valence-electron chi connectivity index (χ2n) is 10.5. The van der Waals surface area contributed by atoms with Crippen molar-refractivity contribution in [1.82, 2.24) is 0 Å². The second-order valence-corrected chi connectivity index (χ2v) is 15.3. The molecule has 0 spiro atoms. The summed E-state index contributed by atoms with van der Waals surface area (Å²) in [5, 5.41) is 4.34. The minimum atomic E-state index is -1.31. The molecule has 0 unspecified atom stereocenters. The molecule has 0 N–H and O–H groups in total. The third-order valence-electron chi connectivity index (χ3n) is 6.96. The number of fused-ring (bicyclic) bond motifs is 1. The molecule has 0 aliphatic rings. The highest BCUT2D eigenvalue weighted by Crippen LogP contribution is 2.23. The van der Waals surface area contributed by atoms with E-state index in [-0.39, 0.29) is 0 Å². The molecule has 3 rings (SSSR count). The molecule has 35 heavy (non-hydrogen) atoms. The van der Waals surface area contributed by atoms with E-state index in [1.165, 1.54) is 77.6 Å². The lowest BCUT2D eigenvalue weighted by Gasteiger charge is -2.25. The molecule has 3 aromatic rings. The van der Waals surface area contributed by atoms with Crippen LogP contribution in [0.15, 0.2) is 66.7 Å². The Morgan fingerprint density at radius 1 is 0.686 bits per heavy atom. The van der Waals surface area contributed by atoms with Gasteiger partial charge in [0.05, 0.1) is 8.07 Å². The molecule has 188 valence electrons. The van der Waals surface area contributed by atoms with Crippen LogP contribution >= 0.6 is 0 Å². The van der Waals surface area contributed by atoms with Gasteiger partial charge in [-0.3, -0.25) is 0 Å². The largest absolute Gasteiger partial charge is 0.0871 e. The van der Waals surface area contributed by atoms with Crippen molar-refractivity contribution >= 4 is 36.2 Å². The molecule has 0 aliphatic carbocycles. The molecule has 3 aromatic carbocycles. The molecule has 0 amide bonds. The van der Waals surface area contributed by atoms with Crippen LogP contribution in [-0.4, -0.2) is 8.07 Å². The van der Waals surface area contributed by atoms with E-state index in [9.17, 15) is 0 Å². The van der Waals surface area contributed by atoms with Crippen LogP contribution in [0, 0.1) is 13.8 Å². The Labute approximate surface area is 217 Å². The summed E-state index contributed by atoms with van der Waals surface area (Å²) >= 11 is 0. The van der Waals surface area contributed by atoms with Crippen molar-refractivity contribution in [3.8, 4) is 0 Å². The zero-order valence-corrected chi connectivity index (χ0v) is 24.5. The summed E-state index contributed by atoms with van der Waals surface area (Å²) in [5.41, 5.74) is 5.50. The van der Waals surface area contributed by atoms with Gasteiger partial charge in [-0.2, -0.15) is 0 Å². The summed E-state index contributed by atoms with van der Waals surface area (Å²) in [4.78, 5) is 0. The van der Waals surface area contributed by atoms with Crippen LogP contribution in [0.4, 0.5) is 0 Å². The summed E-state index contributed by atoms with van der Waals surface area (Å²) in [6.45, 7) is 15.9. The number of aryl methyl sites for hydroxylation is 2. The molecule has 0 atom stereocenters. The average molecular weight is 485 g/mol. The van der Waals surface area contributed by atoms with Crippen molar-refractivity contribution in [2.45, 2.75) is 92.3 Å². The van der Waals surface area contributed by atoms with Gasteiger partial charge in [0.15, 0.2) is 0 Å². The van der Waals surface area contributed by atoms with Crippen LogP contribution in [-0.2, 0) is 0 Å². The Kier molecular flexibility index (Phi) is 12.3. The Morgan fingerprint density at radius 3 is 1.97 bits per heavy atom. The molecule has 0 fully saturated rings. The SMILES string of the molecule is C/C=C/c1ccc(C)c2ccccc12.C/C=C/c1ccc(C)cc1[Si](C)(C)CCCCCCCC. The lowest BCUT2D eigenvalue weighted by molar-refractivity contribution is 0.623. The van der Waals surface area contributed by atoms with Crippen LogP contribution in [0.2, 0.25) is 19.1 Å². The van der Waals surface area contributed by atoms with Gasteiger partial charge in [0.1, 0.15) is 0 Å². The minimum absolute atomic E-state index is 1.30. The predicted molar refractivity (Wildman–Crippen MR) is 165 cm³/mol. The summed E-state index contributed by atoms with van der Waals surface area (Å²) in [5.74, 6) is 0. The van der Waals surface area contributed by atoms with Gasteiger partial charge in [-0.1, -0.05) is 154 Å². The molecule has 0 radical (unpaired) electrons. The van der Waals surface area contributed by atoms with E-state index in [2.05, 4.69) is 127 Å². The molecular weight excluding hydrogens is 436 g/mol. The molecular formula is C34H48Si. The van der Waals surface area contributed by atoms with E-state index in [1.54, 1.807) is 5.19 Å². The first-order chi connectivity index (χ1) is 16.8. The van der Waals surface area contributed by atoms with Gasteiger partial charge in [-0.25, -0.2) is 0 Å². The van der Waals surface area contributed by atoms with Crippen molar-refractivity contribution in [2.24, 2.45) is 0 Å². The monoisotopic (exact) mass is 484 g/mol. The molecule has 0 bridgehead atoms. The van der Waals surface area contributed by atoms with Gasteiger partial charge in [-0.05, 0) is 55.2 Å². The third-order valence-corrected chi connectivity index (χ3v) is 10.5. The Hall–Kier alpha value is -2.38. The first kappa shape index (κ1) is 28.9. The highest BCUT2D eigenvalue weighted by atomic mass is 28.3. The Bertz CT molecular complexity index is 1100. The molecule has 0 aromatic heterocycles. The second kappa shape index (κ2) is 14.9. The lowest BCUT2D eigenvalue weighted by Crippen LogP contribution is -2.42. The summed E-state index contributed by atoms with van der Waals surface area (Å²) in [7, 11) is -1.31. The molecule has 0 nitrogen and oxygen atoms in total. The Balaban J connectivity index is 0.000000266. The molecule has 0 heterocycles. The maximum absolute atomic E-state index is 2.54. The van der Waals surface area contributed by atoms with Crippen LogP contribution in [0.5, 0.6) is 0 Å². The van der Waals surface area contributed by atoms with Gasteiger partial charge in [0, 0.05) is 0 Å². The van der Waals surface area contributed by atoms with Crippen LogP contribution in [0.25, 0.3) is 22.9 Å². The standard InChI is InChI=1S/C20H34Si.C14H14/c1-6-8-9-10-11-12-16-21(4,5)20-17-18(3)14-15-19(20)13-7-2;1-3-6-12-10-9-11(2)13-7-4-5-8-14(12)13/h7,13-15,17H,6,8-12,16H2,1-5H3;3-10H,1-2H3/b13-7+;6-3+.